The molecule has 0 radical (unpaired) electrons. The van der Waals surface area contributed by atoms with E-state index in [2.05, 4.69) is 15.1 Å². The van der Waals surface area contributed by atoms with E-state index in [1.807, 2.05) is 26.0 Å². The summed E-state index contributed by atoms with van der Waals surface area (Å²) in [5.41, 5.74) is 6.49. The Balaban J connectivity index is 1.98. The van der Waals surface area contributed by atoms with Crippen LogP contribution in [0.1, 0.15) is 31.9 Å². The minimum atomic E-state index is -0.469. The Morgan fingerprint density at radius 2 is 1.72 bits per heavy atom. The quantitative estimate of drug-likeness (QED) is 0.764. The van der Waals surface area contributed by atoms with Crippen LogP contribution in [0.2, 0.25) is 5.02 Å². The van der Waals surface area contributed by atoms with E-state index in [1.54, 1.807) is 12.1 Å². The van der Waals surface area contributed by atoms with Gasteiger partial charge in [-0.3, -0.25) is 19.4 Å². The lowest BCUT2D eigenvalue weighted by atomic mass is 10.0. The predicted molar refractivity (Wildman–Crippen MR) is 99.3 cm³/mol. The van der Waals surface area contributed by atoms with Gasteiger partial charge in [0, 0.05) is 37.7 Å². The van der Waals surface area contributed by atoms with Crippen molar-refractivity contribution in [1.82, 2.24) is 15.1 Å². The van der Waals surface area contributed by atoms with Crippen molar-refractivity contribution in [2.24, 2.45) is 5.73 Å². The Hall–Kier alpha value is -1.63. The van der Waals surface area contributed by atoms with Crippen LogP contribution in [0.4, 0.5) is 0 Å². The lowest BCUT2D eigenvalue weighted by Crippen LogP contribution is -2.55. The minimum absolute atomic E-state index is 0.0550. The molecule has 2 rings (SSSR count). The van der Waals surface area contributed by atoms with E-state index in [9.17, 15) is 9.59 Å². The first-order chi connectivity index (χ1) is 11.9. The van der Waals surface area contributed by atoms with Gasteiger partial charge in [0.1, 0.15) is 6.04 Å². The summed E-state index contributed by atoms with van der Waals surface area (Å²) in [5, 5.41) is 3.56. The number of halogens is 1. The van der Waals surface area contributed by atoms with E-state index in [0.717, 1.165) is 25.1 Å². The number of nitrogens with two attached hydrogens (primary N) is 1. The molecule has 0 aromatic heterocycles. The molecule has 1 aromatic carbocycles. The largest absolute Gasteiger partial charge is 0.368 e. The van der Waals surface area contributed by atoms with Crippen LogP contribution in [0.3, 0.4) is 0 Å². The number of amides is 2. The van der Waals surface area contributed by atoms with Gasteiger partial charge in [-0.05, 0) is 31.0 Å². The van der Waals surface area contributed by atoms with E-state index in [0.29, 0.717) is 24.7 Å². The van der Waals surface area contributed by atoms with E-state index < -0.39 is 6.04 Å². The van der Waals surface area contributed by atoms with Crippen LogP contribution in [0.15, 0.2) is 24.3 Å². The second-order valence-electron chi connectivity index (χ2n) is 6.40. The number of nitrogens with zero attached hydrogens (tertiary/aromatic N) is 2. The molecular weight excluding hydrogens is 340 g/mol. The first kappa shape index (κ1) is 19.7. The van der Waals surface area contributed by atoms with Crippen LogP contribution in [0, 0.1) is 0 Å². The highest BCUT2D eigenvalue weighted by molar-refractivity contribution is 6.30. The average Bonchev–Trinajstić information content (AvgIpc) is 2.61. The van der Waals surface area contributed by atoms with Crippen LogP contribution < -0.4 is 11.1 Å². The monoisotopic (exact) mass is 366 g/mol. The summed E-state index contributed by atoms with van der Waals surface area (Å²) in [4.78, 5) is 28.3. The second-order valence-corrected chi connectivity index (χ2v) is 6.83. The molecule has 7 heteroatoms. The Kier molecular flexibility index (Phi) is 7.23. The SMILES string of the molecule is CCCNC(=O)[C@@H](C)N1CCN([C@H](C(N)=O)c2ccc(Cl)cc2)CC1. The molecule has 1 aliphatic heterocycles. The summed E-state index contributed by atoms with van der Waals surface area (Å²) in [7, 11) is 0. The molecule has 0 unspecified atom stereocenters. The summed E-state index contributed by atoms with van der Waals surface area (Å²) < 4.78 is 0. The molecule has 25 heavy (non-hydrogen) atoms. The van der Waals surface area contributed by atoms with E-state index in [1.165, 1.54) is 0 Å². The average molecular weight is 367 g/mol. The normalized spacial score (nSPS) is 18.5. The van der Waals surface area contributed by atoms with Gasteiger partial charge in [-0.1, -0.05) is 30.7 Å². The highest BCUT2D eigenvalue weighted by Gasteiger charge is 2.31. The van der Waals surface area contributed by atoms with Gasteiger partial charge in [0.2, 0.25) is 11.8 Å². The van der Waals surface area contributed by atoms with Crippen LogP contribution in [0.25, 0.3) is 0 Å². The first-order valence-corrected chi connectivity index (χ1v) is 9.12. The van der Waals surface area contributed by atoms with Crippen LogP contribution in [0.5, 0.6) is 0 Å². The Morgan fingerprint density at radius 1 is 1.16 bits per heavy atom. The molecule has 2 amide bonds. The number of carbonyl (C=O) groups excluding carboxylic acids is 2. The van der Waals surface area contributed by atoms with Crippen LogP contribution in [-0.2, 0) is 9.59 Å². The fourth-order valence-electron chi connectivity index (χ4n) is 3.14. The van der Waals surface area contributed by atoms with Gasteiger partial charge in [0.15, 0.2) is 0 Å². The van der Waals surface area contributed by atoms with Crippen molar-refractivity contribution in [1.29, 1.82) is 0 Å². The Morgan fingerprint density at radius 3 is 2.24 bits per heavy atom. The van der Waals surface area contributed by atoms with Gasteiger partial charge >= 0.3 is 0 Å². The van der Waals surface area contributed by atoms with Crippen molar-refractivity contribution >= 4 is 23.4 Å². The maximum Gasteiger partial charge on any atom is 0.239 e. The van der Waals surface area contributed by atoms with Crippen LogP contribution >= 0.6 is 11.6 Å². The van der Waals surface area contributed by atoms with Crippen molar-refractivity contribution in [2.75, 3.05) is 32.7 Å². The summed E-state index contributed by atoms with van der Waals surface area (Å²) in [5.74, 6) is -0.316. The van der Waals surface area contributed by atoms with Crippen molar-refractivity contribution in [3.63, 3.8) is 0 Å². The predicted octanol–water partition coefficient (Wildman–Crippen LogP) is 1.40. The van der Waals surface area contributed by atoms with E-state index in [4.69, 9.17) is 17.3 Å². The lowest BCUT2D eigenvalue weighted by molar-refractivity contribution is -0.129. The minimum Gasteiger partial charge on any atom is -0.368 e. The zero-order chi connectivity index (χ0) is 18.4. The number of hydrogen-bond donors (Lipinski definition) is 2. The molecule has 0 spiro atoms. The number of benzene rings is 1. The molecule has 0 saturated carbocycles. The van der Waals surface area contributed by atoms with E-state index in [-0.39, 0.29) is 17.9 Å². The summed E-state index contributed by atoms with van der Waals surface area (Å²) in [6, 6.07) is 6.57. The molecule has 0 aliphatic carbocycles. The molecule has 6 nitrogen and oxygen atoms in total. The fourth-order valence-corrected chi connectivity index (χ4v) is 3.27. The molecule has 2 atom stereocenters. The fraction of sp³-hybridized carbons (Fsp3) is 0.556. The van der Waals surface area contributed by atoms with Gasteiger partial charge in [-0.15, -0.1) is 0 Å². The number of carbonyl (C=O) groups is 2. The highest BCUT2D eigenvalue weighted by atomic mass is 35.5. The Bertz CT molecular complexity index is 585. The summed E-state index contributed by atoms with van der Waals surface area (Å²) >= 11 is 5.93. The van der Waals surface area contributed by atoms with Gasteiger partial charge < -0.3 is 11.1 Å². The molecule has 1 heterocycles. The van der Waals surface area contributed by atoms with Gasteiger partial charge in [0.05, 0.1) is 6.04 Å². The molecule has 1 saturated heterocycles. The van der Waals surface area contributed by atoms with Crippen molar-refractivity contribution < 1.29 is 9.59 Å². The third-order valence-electron chi connectivity index (χ3n) is 4.65. The maximum absolute atomic E-state index is 12.1. The molecule has 1 fully saturated rings. The molecule has 1 aromatic rings. The third-order valence-corrected chi connectivity index (χ3v) is 4.90. The summed E-state index contributed by atoms with van der Waals surface area (Å²) in [6.07, 6.45) is 0.924. The number of hydrogen-bond acceptors (Lipinski definition) is 4. The van der Waals surface area contributed by atoms with Crippen molar-refractivity contribution in [2.45, 2.75) is 32.4 Å². The van der Waals surface area contributed by atoms with Gasteiger partial charge in [0.25, 0.3) is 0 Å². The number of primary amides is 1. The Labute approximate surface area is 154 Å². The van der Waals surface area contributed by atoms with Gasteiger partial charge in [-0.25, -0.2) is 0 Å². The third kappa shape index (κ3) is 5.17. The zero-order valence-electron chi connectivity index (χ0n) is 14.9. The zero-order valence-corrected chi connectivity index (χ0v) is 15.6. The molecule has 0 bridgehead atoms. The van der Waals surface area contributed by atoms with Crippen molar-refractivity contribution in [3.05, 3.63) is 34.9 Å². The smallest absolute Gasteiger partial charge is 0.239 e. The number of rotatable bonds is 7. The summed E-state index contributed by atoms with van der Waals surface area (Å²) in [6.45, 7) is 7.46. The maximum atomic E-state index is 12.1. The second kappa shape index (κ2) is 9.17. The van der Waals surface area contributed by atoms with Crippen molar-refractivity contribution in [3.8, 4) is 0 Å². The van der Waals surface area contributed by atoms with Gasteiger partial charge in [-0.2, -0.15) is 0 Å². The molecule has 1 aliphatic rings. The molecular formula is C18H27ClN4O2. The highest BCUT2D eigenvalue weighted by Crippen LogP contribution is 2.24. The van der Waals surface area contributed by atoms with Crippen LogP contribution in [-0.4, -0.2) is 60.4 Å². The number of nitrogens with one attached hydrogen (secondary N) is 1. The standard InChI is InChI=1S/C18H27ClN4O2/c1-3-8-21-18(25)13(2)22-9-11-23(12-10-22)16(17(20)24)14-4-6-15(19)7-5-14/h4-7,13,16H,3,8-12H2,1-2H3,(H2,20,24)(H,21,25)/t13-,16+/m1/s1. The first-order valence-electron chi connectivity index (χ1n) is 8.74. The lowest BCUT2D eigenvalue weighted by Gasteiger charge is -2.40. The number of piperazine rings is 1. The van der Waals surface area contributed by atoms with E-state index >= 15 is 0 Å². The topological polar surface area (TPSA) is 78.7 Å². The molecule has 3 N–H and O–H groups in total. The molecule has 138 valence electrons.